The number of aromatic nitrogens is 1. The molecular weight excluding hydrogens is 341 g/mol. The Morgan fingerprint density at radius 3 is 2.50 bits per heavy atom. The van der Waals surface area contributed by atoms with Gasteiger partial charge in [0.05, 0.1) is 12.3 Å². The second-order valence-electron chi connectivity index (χ2n) is 5.49. The van der Waals surface area contributed by atoms with E-state index in [1.54, 1.807) is 24.3 Å². The zero-order valence-electron chi connectivity index (χ0n) is 13.2. The van der Waals surface area contributed by atoms with Gasteiger partial charge in [-0.2, -0.15) is 13.2 Å². The predicted octanol–water partition coefficient (Wildman–Crippen LogP) is 4.60. The normalized spacial score (nSPS) is 11.8. The fourth-order valence-corrected chi connectivity index (χ4v) is 2.68. The highest BCUT2D eigenvalue weighted by Gasteiger charge is 2.27. The Morgan fingerprint density at radius 1 is 1.29 bits per heavy atom. The summed E-state index contributed by atoms with van der Waals surface area (Å²) in [6.07, 6.45) is -4.34. The fraction of sp³-hybridized carbons (Fsp3) is 0.375. The largest absolute Gasteiger partial charge is 0.411 e. The Morgan fingerprint density at radius 2 is 1.96 bits per heavy atom. The molecule has 2 aromatic rings. The molecule has 0 spiro atoms. The van der Waals surface area contributed by atoms with E-state index in [1.165, 1.54) is 11.3 Å². The average Bonchev–Trinajstić information content (AvgIpc) is 2.95. The number of nitrogens with one attached hydrogen (secondary N) is 1. The smallest absolute Gasteiger partial charge is 0.367 e. The summed E-state index contributed by atoms with van der Waals surface area (Å²) in [6, 6.07) is 6.20. The predicted molar refractivity (Wildman–Crippen MR) is 86.3 cm³/mol. The summed E-state index contributed by atoms with van der Waals surface area (Å²) in [6.45, 7) is 2.57. The van der Waals surface area contributed by atoms with Crippen molar-refractivity contribution in [1.82, 2.24) is 4.98 Å². The summed E-state index contributed by atoms with van der Waals surface area (Å²) in [5, 5.41) is 5.11. The van der Waals surface area contributed by atoms with Crippen LogP contribution >= 0.6 is 11.3 Å². The summed E-state index contributed by atoms with van der Waals surface area (Å²) < 4.78 is 40.6. The van der Waals surface area contributed by atoms with Gasteiger partial charge in [-0.1, -0.05) is 26.0 Å². The van der Waals surface area contributed by atoms with Crippen LogP contribution in [-0.2, 0) is 11.3 Å². The molecule has 0 radical (unpaired) electrons. The van der Waals surface area contributed by atoms with Gasteiger partial charge in [0.1, 0.15) is 6.61 Å². The first-order chi connectivity index (χ1) is 11.2. The number of thiazole rings is 1. The number of ether oxygens (including phenoxy) is 1. The Hall–Kier alpha value is -1.93. The minimum atomic E-state index is -4.34. The van der Waals surface area contributed by atoms with Gasteiger partial charge in [-0.05, 0) is 23.6 Å². The molecule has 130 valence electrons. The lowest BCUT2D eigenvalue weighted by atomic mass is 10.1. The van der Waals surface area contributed by atoms with Crippen molar-refractivity contribution in [2.45, 2.75) is 32.5 Å². The molecule has 4 nitrogen and oxygen atoms in total. The zero-order chi connectivity index (χ0) is 17.7. The molecule has 2 rings (SSSR count). The summed E-state index contributed by atoms with van der Waals surface area (Å²) in [5.74, 6) is -0.0368. The second-order valence-corrected chi connectivity index (χ2v) is 6.35. The maximum absolute atomic E-state index is 12.1. The number of rotatable bonds is 6. The molecule has 8 heteroatoms. The maximum atomic E-state index is 12.1. The van der Waals surface area contributed by atoms with Crippen LogP contribution < -0.4 is 5.32 Å². The number of amides is 1. The lowest BCUT2D eigenvalue weighted by Crippen LogP contribution is -2.16. The minimum Gasteiger partial charge on any atom is -0.367 e. The van der Waals surface area contributed by atoms with Gasteiger partial charge < -0.3 is 4.74 Å². The molecule has 1 heterocycles. The topological polar surface area (TPSA) is 51.2 Å². The maximum Gasteiger partial charge on any atom is 0.411 e. The molecule has 0 bridgehead atoms. The van der Waals surface area contributed by atoms with Crippen LogP contribution in [0.25, 0.3) is 0 Å². The Balaban J connectivity index is 1.90. The van der Waals surface area contributed by atoms with E-state index in [1.807, 2.05) is 19.2 Å². The molecular formula is C16H17F3N2O2S. The van der Waals surface area contributed by atoms with E-state index in [4.69, 9.17) is 0 Å². The zero-order valence-corrected chi connectivity index (χ0v) is 14.0. The number of carbonyl (C=O) groups excluding carboxylic acids is 1. The molecule has 0 saturated heterocycles. The van der Waals surface area contributed by atoms with Gasteiger partial charge in [-0.15, -0.1) is 11.3 Å². The highest BCUT2D eigenvalue weighted by Crippen LogP contribution is 2.22. The number of hydrogen-bond donors (Lipinski definition) is 1. The Kier molecular flexibility index (Phi) is 5.95. The third-order valence-electron chi connectivity index (χ3n) is 3.08. The van der Waals surface area contributed by atoms with E-state index in [-0.39, 0.29) is 18.4 Å². The van der Waals surface area contributed by atoms with Gasteiger partial charge >= 0.3 is 6.18 Å². The van der Waals surface area contributed by atoms with Crippen molar-refractivity contribution in [3.8, 4) is 0 Å². The molecule has 1 aromatic heterocycles. The minimum absolute atomic E-state index is 0.161. The lowest BCUT2D eigenvalue weighted by molar-refractivity contribution is -0.176. The molecule has 0 fully saturated rings. The van der Waals surface area contributed by atoms with Gasteiger partial charge in [0.15, 0.2) is 5.13 Å². The van der Waals surface area contributed by atoms with Crippen molar-refractivity contribution < 1.29 is 22.7 Å². The summed E-state index contributed by atoms with van der Waals surface area (Å²) >= 11 is 1.35. The fourth-order valence-electron chi connectivity index (χ4n) is 1.81. The lowest BCUT2D eigenvalue weighted by Gasteiger charge is -2.08. The van der Waals surface area contributed by atoms with Crippen LogP contribution in [-0.4, -0.2) is 23.7 Å². The molecule has 0 aliphatic carbocycles. The quantitative estimate of drug-likeness (QED) is 0.821. The number of carbonyl (C=O) groups is 1. The molecule has 1 aromatic carbocycles. The van der Waals surface area contributed by atoms with E-state index >= 15 is 0 Å². The number of hydrogen-bond acceptors (Lipinski definition) is 4. The van der Waals surface area contributed by atoms with E-state index in [9.17, 15) is 18.0 Å². The summed E-state index contributed by atoms with van der Waals surface area (Å²) in [4.78, 5) is 16.4. The standard InChI is InChI=1S/C16H17F3N2O2S/c1-10(2)13-8-24-15(20-13)21-14(22)12-5-3-11(4-6-12)7-23-9-16(17,18)19/h3-6,8,10H,7,9H2,1-2H3,(H,20,21,22). The third kappa shape index (κ3) is 5.61. The highest BCUT2D eigenvalue weighted by atomic mass is 32.1. The monoisotopic (exact) mass is 358 g/mol. The first-order valence-electron chi connectivity index (χ1n) is 7.25. The van der Waals surface area contributed by atoms with Crippen LogP contribution in [0.5, 0.6) is 0 Å². The van der Waals surface area contributed by atoms with Crippen LogP contribution in [0.3, 0.4) is 0 Å². The molecule has 0 aliphatic rings. The van der Waals surface area contributed by atoms with Crippen LogP contribution in [0.15, 0.2) is 29.6 Å². The van der Waals surface area contributed by atoms with E-state index < -0.39 is 12.8 Å². The number of alkyl halides is 3. The molecule has 0 unspecified atom stereocenters. The molecule has 1 amide bonds. The van der Waals surface area contributed by atoms with Crippen LogP contribution in [0, 0.1) is 0 Å². The van der Waals surface area contributed by atoms with Crippen molar-refractivity contribution in [3.63, 3.8) is 0 Å². The van der Waals surface area contributed by atoms with Crippen molar-refractivity contribution in [1.29, 1.82) is 0 Å². The third-order valence-corrected chi connectivity index (χ3v) is 3.86. The van der Waals surface area contributed by atoms with E-state index in [0.29, 0.717) is 16.3 Å². The molecule has 0 aliphatic heterocycles. The molecule has 24 heavy (non-hydrogen) atoms. The molecule has 1 N–H and O–H groups in total. The van der Waals surface area contributed by atoms with Crippen molar-refractivity contribution in [3.05, 3.63) is 46.5 Å². The van der Waals surface area contributed by atoms with Crippen LogP contribution in [0.1, 0.15) is 41.4 Å². The van der Waals surface area contributed by atoms with Gasteiger partial charge in [-0.25, -0.2) is 4.98 Å². The second kappa shape index (κ2) is 7.76. The SMILES string of the molecule is CC(C)c1csc(NC(=O)c2ccc(COCC(F)(F)F)cc2)n1. The first-order valence-corrected chi connectivity index (χ1v) is 8.13. The molecule has 0 atom stereocenters. The van der Waals surface area contributed by atoms with Crippen molar-refractivity contribution >= 4 is 22.4 Å². The van der Waals surface area contributed by atoms with Gasteiger partial charge in [0.25, 0.3) is 5.91 Å². The van der Waals surface area contributed by atoms with Crippen LogP contribution in [0.2, 0.25) is 0 Å². The van der Waals surface area contributed by atoms with Crippen molar-refractivity contribution in [2.75, 3.05) is 11.9 Å². The van der Waals surface area contributed by atoms with Gasteiger partial charge in [0, 0.05) is 10.9 Å². The summed E-state index contributed by atoms with van der Waals surface area (Å²) in [5.41, 5.74) is 1.87. The van der Waals surface area contributed by atoms with Gasteiger partial charge in [0.2, 0.25) is 0 Å². The number of halogens is 3. The first kappa shape index (κ1) is 18.4. The van der Waals surface area contributed by atoms with Gasteiger partial charge in [-0.3, -0.25) is 10.1 Å². The number of nitrogens with zero attached hydrogens (tertiary/aromatic N) is 1. The average molecular weight is 358 g/mol. The highest BCUT2D eigenvalue weighted by molar-refractivity contribution is 7.14. The number of benzene rings is 1. The van der Waals surface area contributed by atoms with Crippen molar-refractivity contribution in [2.24, 2.45) is 0 Å². The van der Waals surface area contributed by atoms with E-state index in [0.717, 1.165) is 5.69 Å². The summed E-state index contributed by atoms with van der Waals surface area (Å²) in [7, 11) is 0. The van der Waals surface area contributed by atoms with Crippen LogP contribution in [0.4, 0.5) is 18.3 Å². The molecule has 0 saturated carbocycles. The number of anilines is 1. The van der Waals surface area contributed by atoms with E-state index in [2.05, 4.69) is 15.0 Å². The Labute approximate surface area is 141 Å². The Bertz CT molecular complexity index is 681.